The summed E-state index contributed by atoms with van der Waals surface area (Å²) in [6.45, 7) is 13.6. The van der Waals surface area contributed by atoms with Gasteiger partial charge in [0.15, 0.2) is 0 Å². The monoisotopic (exact) mass is 171 g/mol. The number of nitrogens with one attached hydrogen (secondary N) is 1. The lowest BCUT2D eigenvalue weighted by Crippen LogP contribution is -2.44. The van der Waals surface area contributed by atoms with Crippen LogP contribution in [-0.2, 0) is 0 Å². The highest BCUT2D eigenvalue weighted by Gasteiger charge is 2.17. The zero-order valence-electron chi connectivity index (χ0n) is 9.57. The number of rotatable bonds is 5. The molecule has 0 aliphatic rings. The zero-order valence-corrected chi connectivity index (χ0v) is 9.57. The second-order valence-electron chi connectivity index (χ2n) is 4.91. The second kappa shape index (κ2) is 4.86. The van der Waals surface area contributed by atoms with Gasteiger partial charge in [-0.2, -0.15) is 0 Å². The van der Waals surface area contributed by atoms with Crippen LogP contribution in [0.4, 0.5) is 0 Å². The van der Waals surface area contributed by atoms with Crippen LogP contribution in [0.3, 0.4) is 0 Å². The Bertz CT molecular complexity index is 116. The maximum atomic E-state index is 3.64. The molecule has 0 amide bonds. The zero-order chi connectivity index (χ0) is 9.78. The summed E-state index contributed by atoms with van der Waals surface area (Å²) in [5.74, 6) is 0.792. The fourth-order valence-electron chi connectivity index (χ4n) is 1.54. The van der Waals surface area contributed by atoms with Gasteiger partial charge in [-0.1, -0.05) is 20.8 Å². The lowest BCUT2D eigenvalue weighted by atomic mass is 9.98. The highest BCUT2D eigenvalue weighted by molar-refractivity contribution is 4.79. The molecule has 74 valence electrons. The molecule has 0 aromatic carbocycles. The molecule has 1 atom stereocenters. The molecule has 0 saturated heterocycles. The van der Waals surface area contributed by atoms with Crippen LogP contribution in [0.5, 0.6) is 0 Å². The third-order valence-electron chi connectivity index (χ3n) is 2.35. The summed E-state index contributed by atoms with van der Waals surface area (Å²) in [5.41, 5.74) is 0.300. The van der Waals surface area contributed by atoms with Crippen molar-refractivity contribution < 1.29 is 0 Å². The molecule has 0 aromatic rings. The number of hydrogen-bond acceptors (Lipinski definition) is 1. The maximum Gasteiger partial charge on any atom is 0.0125 e. The molecule has 1 N–H and O–H groups in total. The molecule has 0 radical (unpaired) electrons. The predicted octanol–water partition coefficient (Wildman–Crippen LogP) is 3.20. The molecule has 0 aliphatic carbocycles. The maximum absolute atomic E-state index is 3.64. The third-order valence-corrected chi connectivity index (χ3v) is 2.35. The molecule has 1 nitrogen and oxygen atoms in total. The van der Waals surface area contributed by atoms with Crippen LogP contribution in [0.1, 0.15) is 54.4 Å². The van der Waals surface area contributed by atoms with Crippen molar-refractivity contribution in [2.75, 3.05) is 0 Å². The SMILES string of the molecule is CCC(C)(C)NC(C)CC(C)C. The van der Waals surface area contributed by atoms with E-state index in [1.165, 1.54) is 12.8 Å². The van der Waals surface area contributed by atoms with Crippen LogP contribution in [0.15, 0.2) is 0 Å². The van der Waals surface area contributed by atoms with Gasteiger partial charge < -0.3 is 5.32 Å². The van der Waals surface area contributed by atoms with Gasteiger partial charge in [0.25, 0.3) is 0 Å². The molecule has 0 bridgehead atoms. The predicted molar refractivity (Wildman–Crippen MR) is 56.4 cm³/mol. The minimum Gasteiger partial charge on any atom is -0.309 e. The van der Waals surface area contributed by atoms with Crippen LogP contribution in [-0.4, -0.2) is 11.6 Å². The van der Waals surface area contributed by atoms with Crippen LogP contribution in [0.2, 0.25) is 0 Å². The van der Waals surface area contributed by atoms with Gasteiger partial charge in [-0.05, 0) is 39.5 Å². The first-order valence-electron chi connectivity index (χ1n) is 5.15. The van der Waals surface area contributed by atoms with E-state index in [4.69, 9.17) is 0 Å². The van der Waals surface area contributed by atoms with Crippen molar-refractivity contribution in [2.45, 2.75) is 66.0 Å². The Labute approximate surface area is 77.9 Å². The Kier molecular flexibility index (Phi) is 4.84. The summed E-state index contributed by atoms with van der Waals surface area (Å²) in [6.07, 6.45) is 2.46. The van der Waals surface area contributed by atoms with Gasteiger partial charge >= 0.3 is 0 Å². The van der Waals surface area contributed by atoms with E-state index >= 15 is 0 Å². The fraction of sp³-hybridized carbons (Fsp3) is 1.00. The largest absolute Gasteiger partial charge is 0.309 e. The summed E-state index contributed by atoms with van der Waals surface area (Å²) in [6, 6.07) is 0.639. The summed E-state index contributed by atoms with van der Waals surface area (Å²) >= 11 is 0. The van der Waals surface area contributed by atoms with Gasteiger partial charge in [-0.15, -0.1) is 0 Å². The second-order valence-corrected chi connectivity index (χ2v) is 4.91. The Morgan fingerprint density at radius 2 is 1.67 bits per heavy atom. The molecule has 12 heavy (non-hydrogen) atoms. The van der Waals surface area contributed by atoms with Crippen LogP contribution in [0, 0.1) is 5.92 Å². The van der Waals surface area contributed by atoms with Gasteiger partial charge in [0, 0.05) is 11.6 Å². The van der Waals surface area contributed by atoms with Crippen molar-refractivity contribution in [2.24, 2.45) is 5.92 Å². The first-order valence-corrected chi connectivity index (χ1v) is 5.15. The van der Waals surface area contributed by atoms with E-state index in [2.05, 4.69) is 46.9 Å². The highest BCUT2D eigenvalue weighted by Crippen LogP contribution is 2.12. The minimum atomic E-state index is 0.300. The van der Waals surface area contributed by atoms with Gasteiger partial charge in [-0.25, -0.2) is 0 Å². The molecule has 0 spiro atoms. The van der Waals surface area contributed by atoms with Crippen molar-refractivity contribution in [1.82, 2.24) is 5.32 Å². The van der Waals surface area contributed by atoms with Crippen molar-refractivity contribution >= 4 is 0 Å². The van der Waals surface area contributed by atoms with E-state index in [1.807, 2.05) is 0 Å². The summed E-state index contributed by atoms with van der Waals surface area (Å²) in [7, 11) is 0. The summed E-state index contributed by atoms with van der Waals surface area (Å²) in [4.78, 5) is 0. The third kappa shape index (κ3) is 5.59. The Morgan fingerprint density at radius 1 is 1.17 bits per heavy atom. The van der Waals surface area contributed by atoms with E-state index in [0.29, 0.717) is 11.6 Å². The Hall–Kier alpha value is -0.0400. The van der Waals surface area contributed by atoms with Gasteiger partial charge in [0.1, 0.15) is 0 Å². The molecule has 0 rings (SSSR count). The van der Waals surface area contributed by atoms with E-state index in [0.717, 1.165) is 5.92 Å². The van der Waals surface area contributed by atoms with Gasteiger partial charge in [0.05, 0.1) is 0 Å². The molecule has 0 aromatic heterocycles. The van der Waals surface area contributed by atoms with Crippen LogP contribution < -0.4 is 5.32 Å². The molecular weight excluding hydrogens is 146 g/mol. The van der Waals surface area contributed by atoms with E-state index in [9.17, 15) is 0 Å². The molecule has 1 heteroatoms. The number of hydrogen-bond donors (Lipinski definition) is 1. The van der Waals surface area contributed by atoms with Crippen molar-refractivity contribution in [3.05, 3.63) is 0 Å². The lowest BCUT2D eigenvalue weighted by Gasteiger charge is -2.29. The average Bonchev–Trinajstić information content (AvgIpc) is 1.84. The Balaban J connectivity index is 3.75. The van der Waals surface area contributed by atoms with Crippen LogP contribution in [0.25, 0.3) is 0 Å². The van der Waals surface area contributed by atoms with Gasteiger partial charge in [-0.3, -0.25) is 0 Å². The quantitative estimate of drug-likeness (QED) is 0.670. The summed E-state index contributed by atoms with van der Waals surface area (Å²) in [5, 5.41) is 3.64. The fourth-order valence-corrected chi connectivity index (χ4v) is 1.54. The molecule has 0 heterocycles. The molecule has 1 unspecified atom stereocenters. The standard InChI is InChI=1S/C11H25N/c1-7-11(5,6)12-10(4)8-9(2)3/h9-10,12H,7-8H2,1-6H3. The van der Waals surface area contributed by atoms with Crippen molar-refractivity contribution in [3.63, 3.8) is 0 Å². The summed E-state index contributed by atoms with van der Waals surface area (Å²) < 4.78 is 0. The lowest BCUT2D eigenvalue weighted by molar-refractivity contribution is 0.307. The first-order chi connectivity index (χ1) is 5.37. The topological polar surface area (TPSA) is 12.0 Å². The van der Waals surface area contributed by atoms with Crippen molar-refractivity contribution in [3.8, 4) is 0 Å². The smallest absolute Gasteiger partial charge is 0.0125 e. The first kappa shape index (κ1) is 12.0. The minimum absolute atomic E-state index is 0.300. The van der Waals surface area contributed by atoms with E-state index in [1.54, 1.807) is 0 Å². The molecule has 0 saturated carbocycles. The van der Waals surface area contributed by atoms with E-state index < -0.39 is 0 Å². The Morgan fingerprint density at radius 3 is 2.00 bits per heavy atom. The average molecular weight is 171 g/mol. The normalized spacial score (nSPS) is 15.2. The van der Waals surface area contributed by atoms with Gasteiger partial charge in [0.2, 0.25) is 0 Å². The highest BCUT2D eigenvalue weighted by atomic mass is 15.0. The van der Waals surface area contributed by atoms with E-state index in [-0.39, 0.29) is 0 Å². The van der Waals surface area contributed by atoms with Crippen molar-refractivity contribution in [1.29, 1.82) is 0 Å². The van der Waals surface area contributed by atoms with Crippen LogP contribution >= 0.6 is 0 Å². The molecular formula is C11H25N. The molecule has 0 aliphatic heterocycles. The molecule has 0 fully saturated rings.